The summed E-state index contributed by atoms with van der Waals surface area (Å²) < 4.78 is 11.8. The molecular formula is C24H29N3O2. The maximum Gasteiger partial charge on any atom is 0.226 e. The topological polar surface area (TPSA) is 50.5 Å². The zero-order valence-corrected chi connectivity index (χ0v) is 17.4. The molecule has 3 aromatic rings. The van der Waals surface area contributed by atoms with Crippen molar-refractivity contribution in [2.45, 2.75) is 19.9 Å². The average Bonchev–Trinajstić information content (AvgIpc) is 3.09. The average molecular weight is 392 g/mol. The van der Waals surface area contributed by atoms with Gasteiger partial charge in [0.15, 0.2) is 0 Å². The number of nitrogens with zero attached hydrogens (tertiary/aromatic N) is 2. The first-order chi connectivity index (χ1) is 14.1. The molecule has 0 unspecified atom stereocenters. The minimum absolute atomic E-state index is 0.552. The van der Waals surface area contributed by atoms with Crippen molar-refractivity contribution in [2.24, 2.45) is 0 Å². The maximum atomic E-state index is 5.93. The van der Waals surface area contributed by atoms with Crippen molar-refractivity contribution in [3.05, 3.63) is 78.2 Å². The van der Waals surface area contributed by atoms with Gasteiger partial charge in [0, 0.05) is 44.9 Å². The number of oxazole rings is 1. The van der Waals surface area contributed by atoms with Crippen LogP contribution in [0.4, 0.5) is 5.69 Å². The quantitative estimate of drug-likeness (QED) is 0.404. The number of hydrogen-bond acceptors (Lipinski definition) is 5. The molecule has 0 bridgehead atoms. The third-order valence-corrected chi connectivity index (χ3v) is 4.65. The molecule has 1 aromatic heterocycles. The Labute approximate surface area is 173 Å². The zero-order chi connectivity index (χ0) is 20.6. The molecule has 0 spiro atoms. The molecule has 0 fully saturated rings. The van der Waals surface area contributed by atoms with Gasteiger partial charge in [-0.3, -0.25) is 0 Å². The highest BCUT2D eigenvalue weighted by Crippen LogP contribution is 2.24. The molecule has 1 heterocycles. The van der Waals surface area contributed by atoms with Crippen molar-refractivity contribution in [3.8, 4) is 17.2 Å². The van der Waals surface area contributed by atoms with Crippen LogP contribution in [0.2, 0.25) is 0 Å². The summed E-state index contributed by atoms with van der Waals surface area (Å²) >= 11 is 0. The van der Waals surface area contributed by atoms with E-state index in [1.807, 2.05) is 51.4 Å². The lowest BCUT2D eigenvalue weighted by molar-refractivity contribution is 0.319. The van der Waals surface area contributed by atoms with Crippen molar-refractivity contribution in [2.75, 3.05) is 32.1 Å². The smallest absolute Gasteiger partial charge is 0.226 e. The summed E-state index contributed by atoms with van der Waals surface area (Å²) in [5.74, 6) is 2.35. The van der Waals surface area contributed by atoms with Crippen LogP contribution in [-0.4, -0.2) is 32.2 Å². The van der Waals surface area contributed by atoms with Crippen molar-refractivity contribution in [1.82, 2.24) is 10.3 Å². The van der Waals surface area contributed by atoms with Crippen molar-refractivity contribution < 1.29 is 9.15 Å². The van der Waals surface area contributed by atoms with Crippen LogP contribution >= 0.6 is 0 Å². The Bertz CT molecular complexity index is 930. The van der Waals surface area contributed by atoms with Crippen LogP contribution in [0.5, 0.6) is 5.75 Å². The molecule has 0 saturated carbocycles. The van der Waals surface area contributed by atoms with Gasteiger partial charge < -0.3 is 19.4 Å². The van der Waals surface area contributed by atoms with Gasteiger partial charge in [0.1, 0.15) is 11.5 Å². The third-order valence-electron chi connectivity index (χ3n) is 4.65. The summed E-state index contributed by atoms with van der Waals surface area (Å²) in [4.78, 5) is 6.74. The molecule has 29 heavy (non-hydrogen) atoms. The van der Waals surface area contributed by atoms with Gasteiger partial charge in [-0.15, -0.1) is 6.58 Å². The number of aromatic nitrogens is 1. The standard InChI is InChI=1S/C24H29N3O2/c1-5-14-25-17-19-7-6-8-22(16-19)28-15-13-23-18(2)29-24(26-23)20-9-11-21(12-10-20)27(3)4/h5-12,16,25H,1,13-15,17H2,2-4H3. The number of aryl methyl sites for hydroxylation is 1. The van der Waals surface area contributed by atoms with E-state index in [-0.39, 0.29) is 0 Å². The summed E-state index contributed by atoms with van der Waals surface area (Å²) in [6.07, 6.45) is 2.55. The first-order valence-electron chi connectivity index (χ1n) is 9.84. The van der Waals surface area contributed by atoms with Gasteiger partial charge in [0.05, 0.1) is 12.3 Å². The SMILES string of the molecule is C=CCNCc1cccc(OCCc2nc(-c3ccc(N(C)C)cc3)oc2C)c1. The van der Waals surface area contributed by atoms with Gasteiger partial charge in [-0.2, -0.15) is 0 Å². The molecule has 3 rings (SSSR count). The van der Waals surface area contributed by atoms with Gasteiger partial charge in [0.2, 0.25) is 5.89 Å². The molecule has 5 heteroatoms. The predicted octanol–water partition coefficient (Wildman–Crippen LogP) is 4.61. The number of ether oxygens (including phenoxy) is 1. The fraction of sp³-hybridized carbons (Fsp3) is 0.292. The Morgan fingerprint density at radius 3 is 2.69 bits per heavy atom. The minimum atomic E-state index is 0.552. The second kappa shape index (κ2) is 9.94. The van der Waals surface area contributed by atoms with E-state index in [1.54, 1.807) is 0 Å². The van der Waals surface area contributed by atoms with E-state index >= 15 is 0 Å². The highest BCUT2D eigenvalue weighted by Gasteiger charge is 2.12. The van der Waals surface area contributed by atoms with Crippen LogP contribution in [0.1, 0.15) is 17.0 Å². The number of hydrogen-bond donors (Lipinski definition) is 1. The molecule has 2 aromatic carbocycles. The Hall–Kier alpha value is -3.05. The molecule has 0 aliphatic rings. The summed E-state index contributed by atoms with van der Waals surface area (Å²) in [5.41, 5.74) is 4.24. The Morgan fingerprint density at radius 2 is 1.97 bits per heavy atom. The van der Waals surface area contributed by atoms with E-state index in [0.29, 0.717) is 18.9 Å². The molecule has 0 aliphatic carbocycles. The second-order valence-electron chi connectivity index (χ2n) is 7.13. The Morgan fingerprint density at radius 1 is 1.17 bits per heavy atom. The largest absolute Gasteiger partial charge is 0.493 e. The lowest BCUT2D eigenvalue weighted by Crippen LogP contribution is -2.12. The second-order valence-corrected chi connectivity index (χ2v) is 7.13. The molecule has 0 aliphatic heterocycles. The molecule has 152 valence electrons. The van der Waals surface area contributed by atoms with E-state index in [1.165, 1.54) is 5.56 Å². The fourth-order valence-electron chi connectivity index (χ4n) is 3.01. The van der Waals surface area contributed by atoms with Crippen LogP contribution in [0.25, 0.3) is 11.5 Å². The molecule has 5 nitrogen and oxygen atoms in total. The highest BCUT2D eigenvalue weighted by atomic mass is 16.5. The predicted molar refractivity (Wildman–Crippen MR) is 119 cm³/mol. The lowest BCUT2D eigenvalue weighted by atomic mass is 10.2. The zero-order valence-electron chi connectivity index (χ0n) is 17.4. The summed E-state index contributed by atoms with van der Waals surface area (Å²) in [6, 6.07) is 16.3. The molecule has 0 radical (unpaired) electrons. The normalized spacial score (nSPS) is 10.7. The number of benzene rings is 2. The maximum absolute atomic E-state index is 5.93. The van der Waals surface area contributed by atoms with Crippen molar-refractivity contribution in [1.29, 1.82) is 0 Å². The fourth-order valence-corrected chi connectivity index (χ4v) is 3.01. The van der Waals surface area contributed by atoms with Crippen molar-refractivity contribution >= 4 is 5.69 Å². The minimum Gasteiger partial charge on any atom is -0.493 e. The summed E-state index contributed by atoms with van der Waals surface area (Å²) in [7, 11) is 4.05. The van der Waals surface area contributed by atoms with Crippen LogP contribution < -0.4 is 15.0 Å². The first kappa shape index (κ1) is 20.7. The summed E-state index contributed by atoms with van der Waals surface area (Å²) in [6.45, 7) is 7.80. The highest BCUT2D eigenvalue weighted by molar-refractivity contribution is 5.59. The van der Waals surface area contributed by atoms with Crippen LogP contribution in [0.3, 0.4) is 0 Å². The van der Waals surface area contributed by atoms with Gasteiger partial charge in [-0.05, 0) is 48.9 Å². The third kappa shape index (κ3) is 5.72. The number of rotatable bonds is 10. The van der Waals surface area contributed by atoms with E-state index in [0.717, 1.165) is 41.5 Å². The molecular weight excluding hydrogens is 362 g/mol. The van der Waals surface area contributed by atoms with Gasteiger partial charge in [-0.25, -0.2) is 4.98 Å². The van der Waals surface area contributed by atoms with Crippen molar-refractivity contribution in [3.63, 3.8) is 0 Å². The van der Waals surface area contributed by atoms with Gasteiger partial charge >= 0.3 is 0 Å². The molecule has 0 saturated heterocycles. The van der Waals surface area contributed by atoms with E-state index in [4.69, 9.17) is 9.15 Å². The lowest BCUT2D eigenvalue weighted by Gasteiger charge is -2.11. The van der Waals surface area contributed by atoms with Crippen LogP contribution in [0, 0.1) is 6.92 Å². The molecule has 1 N–H and O–H groups in total. The van der Waals surface area contributed by atoms with Crippen LogP contribution in [0.15, 0.2) is 65.6 Å². The number of nitrogens with one attached hydrogen (secondary N) is 1. The van der Waals surface area contributed by atoms with E-state index < -0.39 is 0 Å². The Balaban J connectivity index is 1.58. The number of anilines is 1. The van der Waals surface area contributed by atoms with Gasteiger partial charge in [0.25, 0.3) is 0 Å². The first-order valence-corrected chi connectivity index (χ1v) is 9.84. The monoisotopic (exact) mass is 391 g/mol. The molecule has 0 amide bonds. The molecule has 0 atom stereocenters. The van der Waals surface area contributed by atoms with E-state index in [9.17, 15) is 0 Å². The Kier molecular flexibility index (Phi) is 7.09. The van der Waals surface area contributed by atoms with E-state index in [2.05, 4.69) is 46.0 Å². The summed E-state index contributed by atoms with van der Waals surface area (Å²) in [5, 5.41) is 3.30. The van der Waals surface area contributed by atoms with Crippen LogP contribution in [-0.2, 0) is 13.0 Å². The van der Waals surface area contributed by atoms with Gasteiger partial charge in [-0.1, -0.05) is 18.2 Å².